The topological polar surface area (TPSA) is 105 Å². The second-order valence-corrected chi connectivity index (χ2v) is 7.12. The highest BCUT2D eigenvalue weighted by Crippen LogP contribution is 2.23. The maximum Gasteiger partial charge on any atom is 0.326 e. The van der Waals surface area contributed by atoms with Gasteiger partial charge in [-0.05, 0) is 31.4 Å². The van der Waals surface area contributed by atoms with Gasteiger partial charge in [0.15, 0.2) is 6.61 Å². The van der Waals surface area contributed by atoms with Crippen molar-refractivity contribution in [3.05, 3.63) is 35.4 Å². The second kappa shape index (κ2) is 9.34. The van der Waals surface area contributed by atoms with Crippen LogP contribution in [0.5, 0.6) is 0 Å². The number of esters is 1. The zero-order valence-corrected chi connectivity index (χ0v) is 16.5. The van der Waals surface area contributed by atoms with Gasteiger partial charge in [0.25, 0.3) is 11.8 Å². The number of nitrogens with zero attached hydrogens (tertiary/aromatic N) is 1. The van der Waals surface area contributed by atoms with Gasteiger partial charge in [-0.3, -0.25) is 19.3 Å². The van der Waals surface area contributed by atoms with Crippen molar-refractivity contribution in [2.45, 2.75) is 52.1 Å². The maximum absolute atomic E-state index is 12.5. The van der Waals surface area contributed by atoms with E-state index in [9.17, 15) is 19.2 Å². The molecule has 2 N–H and O–H groups in total. The molecule has 1 aliphatic heterocycles. The quantitative estimate of drug-likeness (QED) is 0.494. The fraction of sp³-hybridized carbons (Fsp3) is 0.500. The first-order valence-electron chi connectivity index (χ1n) is 9.37. The third kappa shape index (κ3) is 5.31. The molecule has 0 spiro atoms. The van der Waals surface area contributed by atoms with Crippen LogP contribution >= 0.6 is 0 Å². The van der Waals surface area contributed by atoms with Gasteiger partial charge >= 0.3 is 12.0 Å². The lowest BCUT2D eigenvalue weighted by Gasteiger charge is -2.21. The number of urea groups is 1. The Labute approximate surface area is 164 Å². The fourth-order valence-corrected chi connectivity index (χ4v) is 2.96. The molecule has 0 aromatic heterocycles. The van der Waals surface area contributed by atoms with Gasteiger partial charge in [0, 0.05) is 6.54 Å². The second-order valence-electron chi connectivity index (χ2n) is 7.12. The Balaban J connectivity index is 1.79. The number of hydrogen-bond donors (Lipinski definition) is 2. The molecule has 1 heterocycles. The summed E-state index contributed by atoms with van der Waals surface area (Å²) in [6.45, 7) is 4.91. The molecular formula is C20H27N3O5. The summed E-state index contributed by atoms with van der Waals surface area (Å²) in [5, 5.41) is 5.30. The predicted octanol–water partition coefficient (Wildman–Crippen LogP) is 1.66. The maximum atomic E-state index is 12.5. The number of nitrogens with one attached hydrogen (secondary N) is 2. The van der Waals surface area contributed by atoms with E-state index in [0.717, 1.165) is 28.9 Å². The van der Waals surface area contributed by atoms with Gasteiger partial charge < -0.3 is 15.4 Å². The van der Waals surface area contributed by atoms with Crippen LogP contribution in [0.4, 0.5) is 4.79 Å². The minimum Gasteiger partial charge on any atom is -0.454 e. The first kappa shape index (κ1) is 21.4. The molecule has 1 aromatic rings. The minimum atomic E-state index is -1.00. The van der Waals surface area contributed by atoms with Crippen LogP contribution in [-0.4, -0.2) is 47.4 Å². The number of imide groups is 1. The monoisotopic (exact) mass is 389 g/mol. The summed E-state index contributed by atoms with van der Waals surface area (Å²) >= 11 is 0. The van der Waals surface area contributed by atoms with Crippen molar-refractivity contribution in [3.63, 3.8) is 0 Å². The molecule has 1 aromatic carbocycles. The lowest BCUT2D eigenvalue weighted by molar-refractivity contribution is -0.151. The molecule has 0 aliphatic carbocycles. The van der Waals surface area contributed by atoms with Crippen molar-refractivity contribution < 1.29 is 23.9 Å². The smallest absolute Gasteiger partial charge is 0.326 e. The average molecular weight is 389 g/mol. The molecular weight excluding hydrogens is 362 g/mol. The van der Waals surface area contributed by atoms with Crippen molar-refractivity contribution in [1.82, 2.24) is 15.5 Å². The van der Waals surface area contributed by atoms with Gasteiger partial charge in [-0.2, -0.15) is 0 Å². The van der Waals surface area contributed by atoms with Crippen LogP contribution < -0.4 is 10.6 Å². The lowest BCUT2D eigenvalue weighted by Crippen LogP contribution is -2.44. The zero-order chi connectivity index (χ0) is 20.7. The van der Waals surface area contributed by atoms with Gasteiger partial charge in [-0.25, -0.2) is 4.79 Å². The first-order valence-corrected chi connectivity index (χ1v) is 9.37. The van der Waals surface area contributed by atoms with E-state index in [1.165, 1.54) is 0 Å². The normalized spacial score (nSPS) is 18.8. The summed E-state index contributed by atoms with van der Waals surface area (Å²) in [7, 11) is 0. The first-order chi connectivity index (χ1) is 13.3. The molecule has 4 amide bonds. The van der Waals surface area contributed by atoms with Gasteiger partial charge in [0.05, 0.1) is 0 Å². The van der Waals surface area contributed by atoms with E-state index >= 15 is 0 Å². The van der Waals surface area contributed by atoms with Crippen LogP contribution in [0.15, 0.2) is 24.3 Å². The summed E-state index contributed by atoms with van der Waals surface area (Å²) in [4.78, 5) is 49.2. The fourth-order valence-electron chi connectivity index (χ4n) is 2.96. The highest BCUT2D eigenvalue weighted by molar-refractivity contribution is 6.08. The Morgan fingerprint density at radius 2 is 1.96 bits per heavy atom. The molecule has 0 unspecified atom stereocenters. The number of rotatable bonds is 9. The highest BCUT2D eigenvalue weighted by Gasteiger charge is 2.47. The van der Waals surface area contributed by atoms with E-state index in [1.54, 1.807) is 6.92 Å². The number of unbranched alkanes of at least 4 members (excludes halogenated alkanes) is 1. The Morgan fingerprint density at radius 3 is 2.64 bits per heavy atom. The van der Waals surface area contributed by atoms with E-state index in [0.29, 0.717) is 13.0 Å². The zero-order valence-electron chi connectivity index (χ0n) is 16.5. The van der Waals surface area contributed by atoms with Crippen LogP contribution in [0, 0.1) is 6.92 Å². The van der Waals surface area contributed by atoms with Gasteiger partial charge in [-0.15, -0.1) is 0 Å². The molecule has 152 valence electrons. The molecule has 1 atom stereocenters. The number of hydrogen-bond acceptors (Lipinski definition) is 5. The molecule has 2 rings (SSSR count). The van der Waals surface area contributed by atoms with E-state index in [4.69, 9.17) is 4.74 Å². The highest BCUT2D eigenvalue weighted by atomic mass is 16.5. The summed E-state index contributed by atoms with van der Waals surface area (Å²) < 4.78 is 4.91. The molecule has 1 aliphatic rings. The molecule has 8 heteroatoms. The van der Waals surface area contributed by atoms with Gasteiger partial charge in [0.2, 0.25) is 0 Å². The summed E-state index contributed by atoms with van der Waals surface area (Å²) in [5.74, 6) is -1.72. The molecule has 28 heavy (non-hydrogen) atoms. The number of carbonyl (C=O) groups excluding carboxylic acids is 4. The number of amides is 4. The standard InChI is InChI=1S/C20H27N3O5/c1-4-5-10-20(3)18(26)23(19(27)22-20)12-17(25)28-13-16(24)21-11-15-9-7-6-8-14(15)2/h6-9H,4-5,10-13H2,1-3H3,(H,21,24)(H,22,27)/t20-/m0/s1. The van der Waals surface area contributed by atoms with Crippen LogP contribution in [0.2, 0.25) is 0 Å². The van der Waals surface area contributed by atoms with Crippen LogP contribution in [0.3, 0.4) is 0 Å². The molecule has 0 saturated carbocycles. The Kier molecular flexibility index (Phi) is 7.14. The van der Waals surface area contributed by atoms with Crippen molar-refractivity contribution in [2.75, 3.05) is 13.2 Å². The molecule has 1 saturated heterocycles. The van der Waals surface area contributed by atoms with Crippen LogP contribution in [-0.2, 0) is 25.7 Å². The van der Waals surface area contributed by atoms with Gasteiger partial charge in [-0.1, -0.05) is 44.0 Å². The summed E-state index contributed by atoms with van der Waals surface area (Å²) in [5.41, 5.74) is 1.01. The molecule has 0 radical (unpaired) electrons. The van der Waals surface area contributed by atoms with E-state index in [-0.39, 0.29) is 0 Å². The largest absolute Gasteiger partial charge is 0.454 e. The minimum absolute atomic E-state index is 0.325. The SMILES string of the molecule is CCCC[C@]1(C)NC(=O)N(CC(=O)OCC(=O)NCc2ccccc2C)C1=O. The number of benzene rings is 1. The van der Waals surface area contributed by atoms with E-state index < -0.39 is 42.5 Å². The Bertz CT molecular complexity index is 764. The third-order valence-corrected chi connectivity index (χ3v) is 4.76. The molecule has 1 fully saturated rings. The summed E-state index contributed by atoms with van der Waals surface area (Å²) in [6.07, 6.45) is 2.17. The average Bonchev–Trinajstić information content (AvgIpc) is 2.87. The van der Waals surface area contributed by atoms with E-state index in [1.807, 2.05) is 38.1 Å². The molecule has 8 nitrogen and oxygen atoms in total. The summed E-state index contributed by atoms with van der Waals surface area (Å²) in [6, 6.07) is 7.00. The van der Waals surface area contributed by atoms with Crippen molar-refractivity contribution in [3.8, 4) is 0 Å². The Morgan fingerprint density at radius 1 is 1.25 bits per heavy atom. The van der Waals surface area contributed by atoms with Crippen molar-refractivity contribution >= 4 is 23.8 Å². The Hall–Kier alpha value is -2.90. The van der Waals surface area contributed by atoms with Crippen LogP contribution in [0.1, 0.15) is 44.2 Å². The third-order valence-electron chi connectivity index (χ3n) is 4.76. The molecule has 0 bridgehead atoms. The number of aryl methyl sites for hydroxylation is 1. The number of carbonyl (C=O) groups is 4. The van der Waals surface area contributed by atoms with E-state index in [2.05, 4.69) is 10.6 Å². The van der Waals surface area contributed by atoms with Crippen molar-refractivity contribution in [2.24, 2.45) is 0 Å². The van der Waals surface area contributed by atoms with Gasteiger partial charge in [0.1, 0.15) is 12.1 Å². The van der Waals surface area contributed by atoms with Crippen molar-refractivity contribution in [1.29, 1.82) is 0 Å². The van der Waals surface area contributed by atoms with Crippen LogP contribution in [0.25, 0.3) is 0 Å². The number of ether oxygens (including phenoxy) is 1. The predicted molar refractivity (Wildman–Crippen MR) is 102 cm³/mol. The lowest BCUT2D eigenvalue weighted by atomic mass is 9.95.